The minimum atomic E-state index is -0.666. The molecular formula is C15H18O6. The molecule has 6 heteroatoms. The second-order valence-corrected chi connectivity index (χ2v) is 4.64. The molecule has 0 saturated carbocycles. The van der Waals surface area contributed by atoms with Gasteiger partial charge in [-0.25, -0.2) is 4.79 Å². The SMILES string of the molecule is C=C(C)[C@@H](Cc1cc(C(=O)OC)cc(O)c1O)OC(C)=O. The van der Waals surface area contributed by atoms with Gasteiger partial charge >= 0.3 is 11.9 Å². The van der Waals surface area contributed by atoms with Crippen molar-refractivity contribution in [3.05, 3.63) is 35.4 Å². The molecule has 0 bridgehead atoms. The van der Waals surface area contributed by atoms with Gasteiger partial charge in [-0.1, -0.05) is 6.58 Å². The molecule has 0 aliphatic carbocycles. The predicted octanol–water partition coefficient (Wildman–Crippen LogP) is 1.93. The van der Waals surface area contributed by atoms with Crippen molar-refractivity contribution in [1.82, 2.24) is 0 Å². The van der Waals surface area contributed by atoms with Crippen LogP contribution in [0.4, 0.5) is 0 Å². The lowest BCUT2D eigenvalue weighted by atomic mass is 9.99. The Hall–Kier alpha value is -2.50. The van der Waals surface area contributed by atoms with E-state index < -0.39 is 23.8 Å². The molecule has 0 saturated heterocycles. The van der Waals surface area contributed by atoms with Crippen molar-refractivity contribution in [2.45, 2.75) is 26.4 Å². The number of carbonyl (C=O) groups excluding carboxylic acids is 2. The number of esters is 2. The maximum Gasteiger partial charge on any atom is 0.337 e. The smallest absolute Gasteiger partial charge is 0.337 e. The molecule has 6 nitrogen and oxygen atoms in total. The standard InChI is InChI=1S/C15H18O6/c1-8(2)13(21-9(3)16)7-10-5-11(15(19)20-4)6-12(17)14(10)18/h5-6,13,17-18H,1,7H2,2-4H3/t13-/m1/s1. The normalized spacial score (nSPS) is 11.6. The van der Waals surface area contributed by atoms with Gasteiger partial charge in [0.2, 0.25) is 0 Å². The van der Waals surface area contributed by atoms with Crippen LogP contribution in [0.2, 0.25) is 0 Å². The minimum Gasteiger partial charge on any atom is -0.504 e. The largest absolute Gasteiger partial charge is 0.504 e. The van der Waals surface area contributed by atoms with Crippen LogP contribution in [0.15, 0.2) is 24.3 Å². The van der Waals surface area contributed by atoms with Crippen LogP contribution >= 0.6 is 0 Å². The Balaban J connectivity index is 3.16. The van der Waals surface area contributed by atoms with E-state index in [1.54, 1.807) is 6.92 Å². The van der Waals surface area contributed by atoms with Crippen molar-refractivity contribution < 1.29 is 29.3 Å². The molecule has 0 aliphatic heterocycles. The number of benzene rings is 1. The lowest BCUT2D eigenvalue weighted by molar-refractivity contribution is -0.144. The Kier molecular flexibility index (Phi) is 5.35. The van der Waals surface area contributed by atoms with E-state index >= 15 is 0 Å². The van der Waals surface area contributed by atoms with E-state index in [1.165, 1.54) is 20.1 Å². The van der Waals surface area contributed by atoms with Crippen molar-refractivity contribution in [3.8, 4) is 11.5 Å². The average Bonchev–Trinajstić information content (AvgIpc) is 2.41. The van der Waals surface area contributed by atoms with Crippen LogP contribution in [0.5, 0.6) is 11.5 Å². The van der Waals surface area contributed by atoms with Gasteiger partial charge in [0.05, 0.1) is 12.7 Å². The highest BCUT2D eigenvalue weighted by Crippen LogP contribution is 2.32. The van der Waals surface area contributed by atoms with E-state index in [2.05, 4.69) is 11.3 Å². The van der Waals surface area contributed by atoms with Gasteiger partial charge in [-0.15, -0.1) is 0 Å². The van der Waals surface area contributed by atoms with Crippen molar-refractivity contribution in [2.24, 2.45) is 0 Å². The molecule has 114 valence electrons. The number of methoxy groups -OCH3 is 1. The van der Waals surface area contributed by atoms with Gasteiger partial charge in [-0.05, 0) is 24.6 Å². The molecule has 1 atom stereocenters. The predicted molar refractivity (Wildman–Crippen MR) is 75.2 cm³/mol. The second-order valence-electron chi connectivity index (χ2n) is 4.64. The highest BCUT2D eigenvalue weighted by Gasteiger charge is 2.20. The van der Waals surface area contributed by atoms with Gasteiger partial charge in [0.15, 0.2) is 11.5 Å². The number of phenolic OH excluding ortho intramolecular Hbond substituents is 2. The van der Waals surface area contributed by atoms with Crippen LogP contribution in [0, 0.1) is 0 Å². The number of carbonyl (C=O) groups is 2. The zero-order chi connectivity index (χ0) is 16.2. The second kappa shape index (κ2) is 6.78. The maximum atomic E-state index is 11.5. The first-order valence-electron chi connectivity index (χ1n) is 6.22. The molecular weight excluding hydrogens is 276 g/mol. The number of hydrogen-bond acceptors (Lipinski definition) is 6. The minimum absolute atomic E-state index is 0.0825. The molecule has 0 heterocycles. The number of ether oxygens (including phenoxy) is 2. The zero-order valence-corrected chi connectivity index (χ0v) is 12.2. The Bertz CT molecular complexity index is 576. The van der Waals surface area contributed by atoms with E-state index in [0.717, 1.165) is 6.07 Å². The highest BCUT2D eigenvalue weighted by molar-refractivity contribution is 5.90. The lowest BCUT2D eigenvalue weighted by Crippen LogP contribution is -2.20. The van der Waals surface area contributed by atoms with Crippen molar-refractivity contribution in [3.63, 3.8) is 0 Å². The summed E-state index contributed by atoms with van der Waals surface area (Å²) >= 11 is 0. The van der Waals surface area contributed by atoms with Crippen molar-refractivity contribution in [1.29, 1.82) is 0 Å². The van der Waals surface area contributed by atoms with Gasteiger partial charge in [-0.2, -0.15) is 0 Å². The summed E-state index contributed by atoms with van der Waals surface area (Å²) in [4.78, 5) is 22.6. The van der Waals surface area contributed by atoms with Crippen LogP contribution < -0.4 is 0 Å². The Morgan fingerprint density at radius 1 is 1.29 bits per heavy atom. The first-order valence-corrected chi connectivity index (χ1v) is 6.22. The summed E-state index contributed by atoms with van der Waals surface area (Å²) < 4.78 is 9.66. The summed E-state index contributed by atoms with van der Waals surface area (Å²) in [5, 5.41) is 19.5. The number of hydrogen-bond donors (Lipinski definition) is 2. The van der Waals surface area contributed by atoms with Gasteiger partial charge < -0.3 is 19.7 Å². The van der Waals surface area contributed by atoms with Crippen LogP contribution in [0.3, 0.4) is 0 Å². The number of aromatic hydroxyl groups is 2. The molecule has 1 aromatic rings. The molecule has 0 aliphatic rings. The molecule has 0 amide bonds. The quantitative estimate of drug-likeness (QED) is 0.489. The lowest BCUT2D eigenvalue weighted by Gasteiger charge is -2.18. The molecule has 0 fully saturated rings. The Morgan fingerprint density at radius 3 is 2.38 bits per heavy atom. The molecule has 2 N–H and O–H groups in total. The maximum absolute atomic E-state index is 11.5. The molecule has 1 aromatic carbocycles. The van der Waals surface area contributed by atoms with Gasteiger partial charge in [0.1, 0.15) is 6.10 Å². The van der Waals surface area contributed by atoms with Gasteiger partial charge in [0.25, 0.3) is 0 Å². The van der Waals surface area contributed by atoms with E-state index in [1.807, 2.05) is 0 Å². The fourth-order valence-electron chi connectivity index (χ4n) is 1.79. The summed E-state index contributed by atoms with van der Waals surface area (Å²) in [6.45, 7) is 6.65. The summed E-state index contributed by atoms with van der Waals surface area (Å²) in [5.74, 6) is -1.96. The number of rotatable bonds is 5. The fraction of sp³-hybridized carbons (Fsp3) is 0.333. The van der Waals surface area contributed by atoms with E-state index in [-0.39, 0.29) is 23.3 Å². The van der Waals surface area contributed by atoms with Crippen LogP contribution in [0.25, 0.3) is 0 Å². The first-order chi connectivity index (χ1) is 9.76. The molecule has 0 unspecified atom stereocenters. The molecule has 0 radical (unpaired) electrons. The summed E-state index contributed by atoms with van der Waals surface area (Å²) in [6, 6.07) is 2.48. The monoisotopic (exact) mass is 294 g/mol. The number of phenols is 2. The fourth-order valence-corrected chi connectivity index (χ4v) is 1.79. The van der Waals surface area contributed by atoms with E-state index in [9.17, 15) is 19.8 Å². The third-order valence-electron chi connectivity index (χ3n) is 2.85. The zero-order valence-electron chi connectivity index (χ0n) is 12.2. The average molecular weight is 294 g/mol. The third-order valence-corrected chi connectivity index (χ3v) is 2.85. The van der Waals surface area contributed by atoms with Crippen LogP contribution in [-0.4, -0.2) is 35.4 Å². The van der Waals surface area contributed by atoms with E-state index in [0.29, 0.717) is 5.57 Å². The molecule has 1 rings (SSSR count). The first kappa shape index (κ1) is 16.6. The molecule has 0 aromatic heterocycles. The molecule has 0 spiro atoms. The Morgan fingerprint density at radius 2 is 1.90 bits per heavy atom. The highest BCUT2D eigenvalue weighted by atomic mass is 16.5. The summed E-state index contributed by atoms with van der Waals surface area (Å²) in [7, 11) is 1.21. The topological polar surface area (TPSA) is 93.1 Å². The molecule has 21 heavy (non-hydrogen) atoms. The Labute approximate surface area is 122 Å². The van der Waals surface area contributed by atoms with Gasteiger partial charge in [0, 0.05) is 18.9 Å². The third kappa shape index (κ3) is 4.24. The van der Waals surface area contributed by atoms with Crippen molar-refractivity contribution >= 4 is 11.9 Å². The van der Waals surface area contributed by atoms with E-state index in [4.69, 9.17) is 4.74 Å². The van der Waals surface area contributed by atoms with Crippen molar-refractivity contribution in [2.75, 3.05) is 7.11 Å². The van der Waals surface area contributed by atoms with Crippen LogP contribution in [0.1, 0.15) is 29.8 Å². The van der Waals surface area contributed by atoms with Crippen LogP contribution in [-0.2, 0) is 20.7 Å². The summed E-state index contributed by atoms with van der Waals surface area (Å²) in [6.07, 6.45) is -0.584. The summed E-state index contributed by atoms with van der Waals surface area (Å²) in [5.41, 5.74) is 0.920. The van der Waals surface area contributed by atoms with Gasteiger partial charge in [-0.3, -0.25) is 4.79 Å².